The van der Waals surface area contributed by atoms with Gasteiger partial charge in [0.2, 0.25) is 0 Å². The molecule has 6 nitrogen and oxygen atoms in total. The van der Waals surface area contributed by atoms with E-state index >= 15 is 0 Å². The van der Waals surface area contributed by atoms with Crippen LogP contribution in [0.15, 0.2) is 53.6 Å². The first-order valence-corrected chi connectivity index (χ1v) is 11.4. The molecular weight excluding hydrogens is 457 g/mol. The second-order valence-corrected chi connectivity index (χ2v) is 8.80. The number of nitrogens with zero attached hydrogens (tertiary/aromatic N) is 4. The Morgan fingerprint density at radius 1 is 1.14 bits per heavy atom. The van der Waals surface area contributed by atoms with Crippen LogP contribution in [0.1, 0.15) is 42.7 Å². The summed E-state index contributed by atoms with van der Waals surface area (Å²) in [7, 11) is 1.63. The number of piperidine rings is 1. The molecule has 0 amide bonds. The molecule has 1 saturated heterocycles. The van der Waals surface area contributed by atoms with Gasteiger partial charge in [-0.1, -0.05) is 11.2 Å². The number of rotatable bonds is 4. The van der Waals surface area contributed by atoms with Gasteiger partial charge in [-0.3, -0.25) is 0 Å². The van der Waals surface area contributed by atoms with Gasteiger partial charge < -0.3 is 19.0 Å². The van der Waals surface area contributed by atoms with E-state index in [4.69, 9.17) is 9.57 Å². The molecule has 1 aromatic heterocycles. The lowest BCUT2D eigenvalue weighted by atomic mass is 9.94. The van der Waals surface area contributed by atoms with Crippen molar-refractivity contribution in [2.24, 2.45) is 5.16 Å². The molecule has 0 radical (unpaired) electrons. The van der Waals surface area contributed by atoms with Gasteiger partial charge in [0.25, 0.3) is 0 Å². The molecule has 0 aliphatic carbocycles. The Labute approximate surface area is 201 Å². The quantitative estimate of drug-likeness (QED) is 0.457. The van der Waals surface area contributed by atoms with Gasteiger partial charge in [0.05, 0.1) is 30.9 Å². The number of hydrogen-bond donors (Lipinski definition) is 0. The van der Waals surface area contributed by atoms with Crippen molar-refractivity contribution in [3.63, 3.8) is 0 Å². The number of aromatic nitrogens is 2. The third-order valence-corrected chi connectivity index (χ3v) is 6.46. The first-order chi connectivity index (χ1) is 16.9. The summed E-state index contributed by atoms with van der Waals surface area (Å²) in [5, 5.41) is 4.32. The number of amidine groups is 1. The number of fused-ring (bicyclic) bond motifs is 1. The fraction of sp³-hybridized carbons (Fsp3) is 0.308. The molecule has 0 saturated carbocycles. The van der Waals surface area contributed by atoms with Gasteiger partial charge in [0.1, 0.15) is 5.75 Å². The molecule has 5 rings (SSSR count). The summed E-state index contributed by atoms with van der Waals surface area (Å²) >= 11 is 0. The highest BCUT2D eigenvalue weighted by Crippen LogP contribution is 2.36. The molecule has 2 aromatic carbocycles. The molecule has 2 atom stereocenters. The molecule has 182 valence electrons. The van der Waals surface area contributed by atoms with Crippen LogP contribution >= 0.6 is 0 Å². The first kappa shape index (κ1) is 23.0. The Hall–Kier alpha value is -3.75. The van der Waals surface area contributed by atoms with E-state index in [1.807, 2.05) is 48.9 Å². The average Bonchev–Trinajstić information content (AvgIpc) is 3.28. The van der Waals surface area contributed by atoms with Gasteiger partial charge in [0, 0.05) is 18.3 Å². The number of ether oxygens (including phenoxy) is 1. The van der Waals surface area contributed by atoms with Crippen LogP contribution in [0.4, 0.5) is 13.2 Å². The molecule has 0 unspecified atom stereocenters. The Morgan fingerprint density at radius 2 is 1.91 bits per heavy atom. The number of imidazole rings is 1. The Balaban J connectivity index is 1.45. The topological polar surface area (TPSA) is 51.9 Å². The van der Waals surface area contributed by atoms with Gasteiger partial charge in [-0.2, -0.15) is 0 Å². The van der Waals surface area contributed by atoms with Crippen LogP contribution in [0.2, 0.25) is 0 Å². The van der Waals surface area contributed by atoms with Gasteiger partial charge in [-0.15, -0.1) is 0 Å². The largest absolute Gasteiger partial charge is 0.495 e. The van der Waals surface area contributed by atoms with Crippen molar-refractivity contribution in [2.45, 2.75) is 38.8 Å². The number of oxime groups is 1. The molecule has 1 fully saturated rings. The number of hydrogen-bond acceptors (Lipinski definition) is 5. The molecule has 9 heteroatoms. The number of benzene rings is 2. The minimum absolute atomic E-state index is 0.211. The monoisotopic (exact) mass is 482 g/mol. The predicted molar refractivity (Wildman–Crippen MR) is 126 cm³/mol. The molecule has 0 spiro atoms. The predicted octanol–water partition coefficient (Wildman–Crippen LogP) is 5.56. The van der Waals surface area contributed by atoms with E-state index in [9.17, 15) is 13.2 Å². The van der Waals surface area contributed by atoms with Gasteiger partial charge in [-0.05, 0) is 68.2 Å². The van der Waals surface area contributed by atoms with Crippen LogP contribution in [-0.4, -0.2) is 40.0 Å². The van der Waals surface area contributed by atoms with Crippen molar-refractivity contribution in [1.82, 2.24) is 14.5 Å². The molecular formula is C26H25F3N4O2. The maximum atomic E-state index is 13.8. The van der Waals surface area contributed by atoms with Crippen molar-refractivity contribution in [3.05, 3.63) is 82.7 Å². The van der Waals surface area contributed by atoms with Gasteiger partial charge in [-0.25, -0.2) is 18.2 Å². The van der Waals surface area contributed by atoms with Crippen molar-refractivity contribution >= 4 is 11.9 Å². The maximum Gasteiger partial charge on any atom is 0.194 e. The summed E-state index contributed by atoms with van der Waals surface area (Å²) in [5.74, 6) is -2.58. The zero-order valence-corrected chi connectivity index (χ0v) is 19.6. The molecule has 0 N–H and O–H groups in total. The first-order valence-electron chi connectivity index (χ1n) is 11.4. The van der Waals surface area contributed by atoms with E-state index in [-0.39, 0.29) is 11.6 Å². The van der Waals surface area contributed by atoms with Crippen molar-refractivity contribution < 1.29 is 22.7 Å². The van der Waals surface area contributed by atoms with Crippen molar-refractivity contribution in [2.75, 3.05) is 13.7 Å². The third kappa shape index (κ3) is 4.26. The summed E-state index contributed by atoms with van der Waals surface area (Å²) < 4.78 is 48.6. The lowest BCUT2D eigenvalue weighted by molar-refractivity contribution is -0.0159. The standard InChI is InChI=1S/C26H25F3N4O2/c1-15-13-32(14-30-15)22-7-6-17(10-23(22)34-3)9-18-5-4-8-33-16(2)25(35-31-26(18)33)19-11-20(27)24(29)21(28)12-19/h6-7,9-14,16,25H,4-5,8H2,1-3H3/b18-9+/t16-,25-/m0/s1. The fourth-order valence-corrected chi connectivity index (χ4v) is 4.67. The highest BCUT2D eigenvalue weighted by molar-refractivity contribution is 6.03. The second kappa shape index (κ2) is 9.13. The Kier molecular flexibility index (Phi) is 6.00. The Bertz CT molecular complexity index is 1310. The normalized spacial score (nSPS) is 20.9. The minimum Gasteiger partial charge on any atom is -0.495 e. The molecule has 2 aliphatic heterocycles. The highest BCUT2D eigenvalue weighted by Gasteiger charge is 2.37. The van der Waals surface area contributed by atoms with E-state index < -0.39 is 23.6 Å². The van der Waals surface area contributed by atoms with Crippen LogP contribution < -0.4 is 4.74 Å². The summed E-state index contributed by atoms with van der Waals surface area (Å²) in [4.78, 5) is 12.1. The SMILES string of the molecule is COc1cc(/C=C2\CCCN3C2=NO[C@H](c2cc(F)c(F)c(F)c2)[C@@H]3C)ccc1-n1cnc(C)c1. The molecule has 35 heavy (non-hydrogen) atoms. The van der Waals surface area contributed by atoms with Gasteiger partial charge in [0.15, 0.2) is 29.4 Å². The smallest absolute Gasteiger partial charge is 0.194 e. The molecule has 3 aromatic rings. The van der Waals surface area contributed by atoms with Crippen LogP contribution in [0.25, 0.3) is 11.8 Å². The fourth-order valence-electron chi connectivity index (χ4n) is 4.67. The molecule has 0 bridgehead atoms. The number of methoxy groups -OCH3 is 1. The van der Waals surface area contributed by atoms with Crippen LogP contribution in [0.3, 0.4) is 0 Å². The maximum absolute atomic E-state index is 13.8. The zero-order chi connectivity index (χ0) is 24.7. The van der Waals surface area contributed by atoms with Gasteiger partial charge >= 0.3 is 0 Å². The number of halogens is 3. The van der Waals surface area contributed by atoms with Crippen molar-refractivity contribution in [1.29, 1.82) is 0 Å². The van der Waals surface area contributed by atoms with E-state index in [1.165, 1.54) is 0 Å². The lowest BCUT2D eigenvalue weighted by Crippen LogP contribution is -2.49. The van der Waals surface area contributed by atoms with E-state index in [0.717, 1.165) is 54.0 Å². The summed E-state index contributed by atoms with van der Waals surface area (Å²) in [6.45, 7) is 4.57. The van der Waals surface area contributed by atoms with Crippen molar-refractivity contribution in [3.8, 4) is 11.4 Å². The molecule has 3 heterocycles. The zero-order valence-electron chi connectivity index (χ0n) is 19.6. The highest BCUT2D eigenvalue weighted by atomic mass is 19.2. The van der Waals surface area contributed by atoms with Crippen LogP contribution in [0, 0.1) is 24.4 Å². The Morgan fingerprint density at radius 3 is 2.60 bits per heavy atom. The summed E-state index contributed by atoms with van der Waals surface area (Å²) in [6.07, 6.45) is 6.69. The van der Waals surface area contributed by atoms with E-state index in [2.05, 4.69) is 15.0 Å². The van der Waals surface area contributed by atoms with Crippen LogP contribution in [-0.2, 0) is 4.84 Å². The number of aryl methyl sites for hydroxylation is 1. The van der Waals surface area contributed by atoms with E-state index in [1.54, 1.807) is 13.4 Å². The van der Waals surface area contributed by atoms with E-state index in [0.29, 0.717) is 11.6 Å². The van der Waals surface area contributed by atoms with Crippen LogP contribution in [0.5, 0.6) is 5.75 Å². The average molecular weight is 483 g/mol. The molecule has 2 aliphatic rings. The summed E-state index contributed by atoms with van der Waals surface area (Å²) in [6, 6.07) is 7.61. The lowest BCUT2D eigenvalue weighted by Gasteiger charge is -2.42. The second-order valence-electron chi connectivity index (χ2n) is 8.80. The minimum atomic E-state index is -1.49. The summed E-state index contributed by atoms with van der Waals surface area (Å²) in [5.41, 5.74) is 3.94. The third-order valence-electron chi connectivity index (χ3n) is 6.46.